The molecule has 3 aromatic rings. The van der Waals surface area contributed by atoms with E-state index in [2.05, 4.69) is 10.1 Å². The second kappa shape index (κ2) is 2.13. The van der Waals surface area contributed by atoms with Gasteiger partial charge in [-0.2, -0.15) is 0 Å². The molecule has 0 amide bonds. The normalized spacial score (nSPS) is 11.5. The van der Waals surface area contributed by atoms with Crippen LogP contribution in [0.15, 0.2) is 28.9 Å². The lowest BCUT2D eigenvalue weighted by molar-refractivity contribution is 0.450. The Bertz CT molecular complexity index is 577. The Hall–Kier alpha value is -1.77. The zero-order valence-electron chi connectivity index (χ0n) is 7.16. The molecule has 0 aliphatic rings. The number of fused-ring (bicyclic) bond motifs is 3. The topological polar surface area (TPSA) is 41.8 Å². The standard InChI is InChI=1S/C10H8N2O/c1-6-10-7-4-5-11-8(7)2-3-9(10)13-12-6/h2-5,11H,1H3. The van der Waals surface area contributed by atoms with Gasteiger partial charge >= 0.3 is 0 Å². The van der Waals surface area contributed by atoms with E-state index in [1.54, 1.807) is 0 Å². The molecular weight excluding hydrogens is 164 g/mol. The Morgan fingerprint density at radius 3 is 3.15 bits per heavy atom. The van der Waals surface area contributed by atoms with Gasteiger partial charge in [0.25, 0.3) is 0 Å². The highest BCUT2D eigenvalue weighted by Crippen LogP contribution is 2.26. The monoisotopic (exact) mass is 172 g/mol. The molecule has 0 radical (unpaired) electrons. The van der Waals surface area contributed by atoms with Crippen molar-refractivity contribution in [1.82, 2.24) is 10.1 Å². The molecule has 1 aromatic carbocycles. The van der Waals surface area contributed by atoms with Gasteiger partial charge in [0.05, 0.1) is 11.1 Å². The van der Waals surface area contributed by atoms with E-state index in [1.807, 2.05) is 31.3 Å². The first-order chi connectivity index (χ1) is 6.36. The van der Waals surface area contributed by atoms with Crippen LogP contribution in [0, 0.1) is 6.92 Å². The second-order valence-electron chi connectivity index (χ2n) is 3.15. The Morgan fingerprint density at radius 1 is 1.31 bits per heavy atom. The van der Waals surface area contributed by atoms with Gasteiger partial charge in [-0.05, 0) is 25.1 Å². The van der Waals surface area contributed by atoms with Gasteiger partial charge in [-0.25, -0.2) is 0 Å². The molecule has 0 aliphatic carbocycles. The lowest BCUT2D eigenvalue weighted by Gasteiger charge is -1.90. The third-order valence-corrected chi connectivity index (χ3v) is 2.34. The smallest absolute Gasteiger partial charge is 0.167 e. The van der Waals surface area contributed by atoms with Crippen LogP contribution in [0.5, 0.6) is 0 Å². The number of aromatic nitrogens is 2. The first kappa shape index (κ1) is 6.71. The van der Waals surface area contributed by atoms with Crippen LogP contribution in [0.4, 0.5) is 0 Å². The number of aromatic amines is 1. The average molecular weight is 172 g/mol. The van der Waals surface area contributed by atoms with Gasteiger partial charge in [0.15, 0.2) is 5.58 Å². The molecule has 2 heterocycles. The van der Waals surface area contributed by atoms with E-state index >= 15 is 0 Å². The molecule has 0 fully saturated rings. The van der Waals surface area contributed by atoms with E-state index in [0.717, 1.165) is 22.2 Å². The zero-order valence-corrected chi connectivity index (χ0v) is 7.16. The van der Waals surface area contributed by atoms with Gasteiger partial charge in [-0.3, -0.25) is 0 Å². The minimum absolute atomic E-state index is 0.851. The fourth-order valence-electron chi connectivity index (χ4n) is 1.73. The molecule has 64 valence electrons. The van der Waals surface area contributed by atoms with E-state index in [-0.39, 0.29) is 0 Å². The zero-order chi connectivity index (χ0) is 8.84. The summed E-state index contributed by atoms with van der Waals surface area (Å²) < 4.78 is 5.16. The summed E-state index contributed by atoms with van der Waals surface area (Å²) in [5.41, 5.74) is 2.92. The average Bonchev–Trinajstić information content (AvgIpc) is 2.70. The quantitative estimate of drug-likeness (QED) is 0.566. The highest BCUT2D eigenvalue weighted by Gasteiger charge is 2.07. The first-order valence-electron chi connectivity index (χ1n) is 4.18. The van der Waals surface area contributed by atoms with Crippen LogP contribution < -0.4 is 0 Å². The molecule has 0 unspecified atom stereocenters. The maximum Gasteiger partial charge on any atom is 0.167 e. The SMILES string of the molecule is Cc1noc2ccc3[nH]ccc3c12. The third kappa shape index (κ3) is 0.758. The molecule has 3 heteroatoms. The number of benzene rings is 1. The number of hydrogen-bond donors (Lipinski definition) is 1. The summed E-state index contributed by atoms with van der Waals surface area (Å²) in [5, 5.41) is 6.22. The number of H-pyrrole nitrogens is 1. The van der Waals surface area contributed by atoms with Crippen LogP contribution in [0.3, 0.4) is 0 Å². The molecule has 3 rings (SSSR count). The highest BCUT2D eigenvalue weighted by molar-refractivity contribution is 6.05. The summed E-state index contributed by atoms with van der Waals surface area (Å²) in [5.74, 6) is 0. The van der Waals surface area contributed by atoms with Crippen LogP contribution in [0.2, 0.25) is 0 Å². The summed E-state index contributed by atoms with van der Waals surface area (Å²) >= 11 is 0. The van der Waals surface area contributed by atoms with Gasteiger partial charge in [-0.1, -0.05) is 5.16 Å². The minimum Gasteiger partial charge on any atom is -0.361 e. The summed E-state index contributed by atoms with van der Waals surface area (Å²) in [4.78, 5) is 3.16. The summed E-state index contributed by atoms with van der Waals surface area (Å²) in [7, 11) is 0. The summed E-state index contributed by atoms with van der Waals surface area (Å²) in [6.07, 6.45) is 1.93. The molecule has 0 spiro atoms. The minimum atomic E-state index is 0.851. The van der Waals surface area contributed by atoms with E-state index in [4.69, 9.17) is 4.52 Å². The molecular formula is C10H8N2O. The van der Waals surface area contributed by atoms with Gasteiger partial charge in [0.1, 0.15) is 0 Å². The number of hydrogen-bond acceptors (Lipinski definition) is 2. The molecule has 0 atom stereocenters. The molecule has 0 saturated carbocycles. The van der Waals surface area contributed by atoms with Crippen LogP contribution in [0.1, 0.15) is 5.69 Å². The highest BCUT2D eigenvalue weighted by atomic mass is 16.5. The number of nitrogens with zero attached hydrogens (tertiary/aromatic N) is 1. The Balaban J connectivity index is 2.70. The molecule has 0 bridgehead atoms. The first-order valence-corrected chi connectivity index (χ1v) is 4.18. The molecule has 1 N–H and O–H groups in total. The van der Waals surface area contributed by atoms with Crippen molar-refractivity contribution in [2.24, 2.45) is 0 Å². The van der Waals surface area contributed by atoms with E-state index in [0.29, 0.717) is 0 Å². The van der Waals surface area contributed by atoms with Crippen molar-refractivity contribution in [3.63, 3.8) is 0 Å². The third-order valence-electron chi connectivity index (χ3n) is 2.34. The predicted octanol–water partition coefficient (Wildman–Crippen LogP) is 2.62. The van der Waals surface area contributed by atoms with Crippen LogP contribution >= 0.6 is 0 Å². The van der Waals surface area contributed by atoms with Crippen molar-refractivity contribution < 1.29 is 4.52 Å². The van der Waals surface area contributed by atoms with Crippen LogP contribution in [-0.4, -0.2) is 10.1 Å². The van der Waals surface area contributed by atoms with Crippen molar-refractivity contribution in [2.75, 3.05) is 0 Å². The van der Waals surface area contributed by atoms with Crippen LogP contribution in [0.25, 0.3) is 21.9 Å². The number of rotatable bonds is 0. The lowest BCUT2D eigenvalue weighted by Crippen LogP contribution is -1.72. The van der Waals surface area contributed by atoms with E-state index in [1.165, 1.54) is 5.39 Å². The van der Waals surface area contributed by atoms with Gasteiger partial charge < -0.3 is 9.51 Å². The predicted molar refractivity (Wildman–Crippen MR) is 50.6 cm³/mol. The maximum atomic E-state index is 5.16. The second-order valence-corrected chi connectivity index (χ2v) is 3.15. The van der Waals surface area contributed by atoms with Crippen molar-refractivity contribution in [2.45, 2.75) is 6.92 Å². The van der Waals surface area contributed by atoms with Gasteiger partial charge in [0.2, 0.25) is 0 Å². The molecule has 0 saturated heterocycles. The largest absolute Gasteiger partial charge is 0.361 e. The lowest BCUT2D eigenvalue weighted by atomic mass is 10.1. The summed E-state index contributed by atoms with van der Waals surface area (Å²) in [6, 6.07) is 5.98. The van der Waals surface area contributed by atoms with Crippen molar-refractivity contribution in [1.29, 1.82) is 0 Å². The Labute approximate surface area is 74.3 Å². The van der Waals surface area contributed by atoms with Crippen molar-refractivity contribution >= 4 is 21.9 Å². The van der Waals surface area contributed by atoms with Gasteiger partial charge in [0, 0.05) is 17.1 Å². The Kier molecular flexibility index (Phi) is 1.10. The number of aryl methyl sites for hydroxylation is 1. The molecule has 0 aliphatic heterocycles. The molecule has 2 aromatic heterocycles. The van der Waals surface area contributed by atoms with Crippen molar-refractivity contribution in [3.8, 4) is 0 Å². The maximum absolute atomic E-state index is 5.16. The fourth-order valence-corrected chi connectivity index (χ4v) is 1.73. The van der Waals surface area contributed by atoms with E-state index < -0.39 is 0 Å². The van der Waals surface area contributed by atoms with Crippen molar-refractivity contribution in [3.05, 3.63) is 30.1 Å². The fraction of sp³-hybridized carbons (Fsp3) is 0.100. The van der Waals surface area contributed by atoms with Crippen LogP contribution in [-0.2, 0) is 0 Å². The summed E-state index contributed by atoms with van der Waals surface area (Å²) in [6.45, 7) is 1.96. The molecule has 13 heavy (non-hydrogen) atoms. The van der Waals surface area contributed by atoms with Gasteiger partial charge in [-0.15, -0.1) is 0 Å². The number of nitrogens with one attached hydrogen (secondary N) is 1. The molecule has 3 nitrogen and oxygen atoms in total. The Morgan fingerprint density at radius 2 is 2.23 bits per heavy atom. The van der Waals surface area contributed by atoms with E-state index in [9.17, 15) is 0 Å².